The van der Waals surface area contributed by atoms with Crippen molar-refractivity contribution in [1.82, 2.24) is 15.0 Å². The molecule has 0 atom stereocenters. The Balaban J connectivity index is 2.02. The van der Waals surface area contributed by atoms with Gasteiger partial charge >= 0.3 is 0 Å². The van der Waals surface area contributed by atoms with Gasteiger partial charge in [0.25, 0.3) is 0 Å². The second kappa shape index (κ2) is 6.55. The second-order valence-electron chi connectivity index (χ2n) is 3.99. The lowest BCUT2D eigenvalue weighted by atomic mass is 10.4. The molecule has 0 aliphatic carbocycles. The quantitative estimate of drug-likeness (QED) is 0.834. The predicted molar refractivity (Wildman–Crippen MR) is 72.8 cm³/mol. The van der Waals surface area contributed by atoms with Crippen LogP contribution in [0.4, 0.5) is 5.82 Å². The average Bonchev–Trinajstić information content (AvgIpc) is 2.84. The summed E-state index contributed by atoms with van der Waals surface area (Å²) in [7, 11) is 1.62. The number of rotatable bonds is 6. The van der Waals surface area contributed by atoms with Crippen LogP contribution in [-0.2, 0) is 24.5 Å². The third-order valence-corrected chi connectivity index (χ3v) is 3.25. The Morgan fingerprint density at radius 1 is 1.37 bits per heavy atom. The molecule has 0 amide bonds. The number of ether oxygens (including phenoxy) is 1. The van der Waals surface area contributed by atoms with E-state index < -0.39 is 0 Å². The van der Waals surface area contributed by atoms with Crippen LogP contribution < -0.4 is 5.32 Å². The number of methoxy groups -OCH3 is 1. The fraction of sp³-hybridized carbons (Fsp3) is 0.417. The van der Waals surface area contributed by atoms with Crippen LogP contribution in [0, 0.1) is 6.92 Å². The van der Waals surface area contributed by atoms with Crippen molar-refractivity contribution in [2.75, 3.05) is 12.4 Å². The molecule has 2 N–H and O–H groups in total. The molecule has 2 aromatic heterocycles. The Labute approximate surface area is 115 Å². The van der Waals surface area contributed by atoms with Crippen molar-refractivity contribution in [2.24, 2.45) is 0 Å². The number of aromatic nitrogens is 3. The second-order valence-corrected chi connectivity index (χ2v) is 4.93. The highest BCUT2D eigenvalue weighted by atomic mass is 32.1. The van der Waals surface area contributed by atoms with Crippen LogP contribution in [0.5, 0.6) is 0 Å². The average molecular weight is 280 g/mol. The molecule has 7 heteroatoms. The molecule has 0 fully saturated rings. The van der Waals surface area contributed by atoms with Crippen LogP contribution in [-0.4, -0.2) is 27.2 Å². The molecule has 19 heavy (non-hydrogen) atoms. The molecule has 0 aliphatic heterocycles. The summed E-state index contributed by atoms with van der Waals surface area (Å²) < 4.78 is 5.03. The number of aliphatic hydroxyl groups is 1. The number of aliphatic hydroxyl groups excluding tert-OH is 1. The summed E-state index contributed by atoms with van der Waals surface area (Å²) in [5.41, 5.74) is 1.58. The first-order chi connectivity index (χ1) is 9.21. The largest absolute Gasteiger partial charge is 0.390 e. The number of hydrogen-bond acceptors (Lipinski definition) is 7. The minimum atomic E-state index is -0.0267. The standard InChI is InChI=1S/C12H16N4O2S/c1-8-3-10(16-11(14-8)6-18-2)13-4-12-15-9(5-17)7-19-12/h3,7,17H,4-6H2,1-2H3,(H,13,14,16). The fourth-order valence-corrected chi connectivity index (χ4v) is 2.31. The van der Waals surface area contributed by atoms with E-state index in [-0.39, 0.29) is 6.61 Å². The van der Waals surface area contributed by atoms with Crippen LogP contribution in [0.3, 0.4) is 0 Å². The van der Waals surface area contributed by atoms with Gasteiger partial charge in [-0.05, 0) is 6.92 Å². The van der Waals surface area contributed by atoms with Crippen molar-refractivity contribution >= 4 is 17.2 Å². The topological polar surface area (TPSA) is 80.2 Å². The molecule has 0 bridgehead atoms. The summed E-state index contributed by atoms with van der Waals surface area (Å²) in [6.07, 6.45) is 0. The lowest BCUT2D eigenvalue weighted by molar-refractivity contribution is 0.177. The van der Waals surface area contributed by atoms with Crippen molar-refractivity contribution in [3.05, 3.63) is 33.7 Å². The molecule has 0 unspecified atom stereocenters. The number of aryl methyl sites for hydroxylation is 1. The molecule has 102 valence electrons. The minimum absolute atomic E-state index is 0.0267. The monoisotopic (exact) mass is 280 g/mol. The van der Waals surface area contributed by atoms with Crippen LogP contribution in [0.25, 0.3) is 0 Å². The molecule has 0 aliphatic rings. The van der Waals surface area contributed by atoms with Gasteiger partial charge in [-0.2, -0.15) is 0 Å². The molecule has 0 spiro atoms. The summed E-state index contributed by atoms with van der Waals surface area (Å²) in [6, 6.07) is 1.87. The summed E-state index contributed by atoms with van der Waals surface area (Å²) in [5.74, 6) is 1.40. The molecule has 0 saturated carbocycles. The third-order valence-electron chi connectivity index (χ3n) is 2.36. The van der Waals surface area contributed by atoms with E-state index in [1.807, 2.05) is 18.4 Å². The first-order valence-electron chi connectivity index (χ1n) is 5.82. The number of anilines is 1. The van der Waals surface area contributed by atoms with E-state index in [1.54, 1.807) is 7.11 Å². The van der Waals surface area contributed by atoms with Crippen LogP contribution in [0.1, 0.15) is 22.2 Å². The zero-order chi connectivity index (χ0) is 13.7. The normalized spacial score (nSPS) is 10.7. The molecule has 0 radical (unpaired) electrons. The van der Waals surface area contributed by atoms with Gasteiger partial charge in [0.15, 0.2) is 5.82 Å². The zero-order valence-corrected chi connectivity index (χ0v) is 11.7. The minimum Gasteiger partial charge on any atom is -0.390 e. The predicted octanol–water partition coefficient (Wildman–Crippen LogP) is 1.49. The Morgan fingerprint density at radius 3 is 2.89 bits per heavy atom. The number of hydrogen-bond donors (Lipinski definition) is 2. The van der Waals surface area contributed by atoms with Crippen molar-refractivity contribution in [3.63, 3.8) is 0 Å². The summed E-state index contributed by atoms with van der Waals surface area (Å²) in [4.78, 5) is 12.9. The van der Waals surface area contributed by atoms with E-state index in [0.717, 1.165) is 16.5 Å². The van der Waals surface area contributed by atoms with Gasteiger partial charge in [0.05, 0.1) is 18.8 Å². The van der Waals surface area contributed by atoms with E-state index in [4.69, 9.17) is 9.84 Å². The molecule has 6 nitrogen and oxygen atoms in total. The SMILES string of the molecule is COCc1nc(C)cc(NCc2nc(CO)cs2)n1. The highest BCUT2D eigenvalue weighted by Crippen LogP contribution is 2.13. The summed E-state index contributed by atoms with van der Waals surface area (Å²) in [5, 5.41) is 14.9. The number of nitrogens with one attached hydrogen (secondary N) is 1. The van der Waals surface area contributed by atoms with Crippen molar-refractivity contribution in [2.45, 2.75) is 26.7 Å². The van der Waals surface area contributed by atoms with Gasteiger partial charge in [0.1, 0.15) is 17.4 Å². The maximum Gasteiger partial charge on any atom is 0.156 e. The van der Waals surface area contributed by atoms with Crippen molar-refractivity contribution in [1.29, 1.82) is 0 Å². The van der Waals surface area contributed by atoms with Gasteiger partial charge < -0.3 is 15.2 Å². The smallest absolute Gasteiger partial charge is 0.156 e. The van der Waals surface area contributed by atoms with E-state index in [2.05, 4.69) is 20.3 Å². The molecule has 0 aromatic carbocycles. The number of thiazole rings is 1. The summed E-state index contributed by atoms with van der Waals surface area (Å²) >= 11 is 1.51. The molecule has 2 aromatic rings. The Bertz CT molecular complexity index is 544. The van der Waals surface area contributed by atoms with E-state index in [1.165, 1.54) is 11.3 Å². The van der Waals surface area contributed by atoms with Gasteiger partial charge in [0, 0.05) is 24.3 Å². The molecular formula is C12H16N4O2S. The zero-order valence-electron chi connectivity index (χ0n) is 10.9. The summed E-state index contributed by atoms with van der Waals surface area (Å²) in [6.45, 7) is 2.86. The lowest BCUT2D eigenvalue weighted by Gasteiger charge is -2.06. The maximum atomic E-state index is 8.96. The highest BCUT2D eigenvalue weighted by molar-refractivity contribution is 7.09. The Hall–Kier alpha value is -1.57. The fourth-order valence-electron chi connectivity index (χ4n) is 1.58. The van der Waals surface area contributed by atoms with Gasteiger partial charge in [-0.3, -0.25) is 0 Å². The highest BCUT2D eigenvalue weighted by Gasteiger charge is 2.04. The maximum absolute atomic E-state index is 8.96. The van der Waals surface area contributed by atoms with Crippen molar-refractivity contribution in [3.8, 4) is 0 Å². The molecule has 2 heterocycles. The van der Waals surface area contributed by atoms with E-state index in [0.29, 0.717) is 24.7 Å². The molecular weight excluding hydrogens is 264 g/mol. The van der Waals surface area contributed by atoms with Gasteiger partial charge in [-0.15, -0.1) is 11.3 Å². The van der Waals surface area contributed by atoms with E-state index >= 15 is 0 Å². The lowest BCUT2D eigenvalue weighted by Crippen LogP contribution is -2.06. The van der Waals surface area contributed by atoms with Gasteiger partial charge in [0.2, 0.25) is 0 Å². The van der Waals surface area contributed by atoms with Crippen molar-refractivity contribution < 1.29 is 9.84 Å². The first-order valence-corrected chi connectivity index (χ1v) is 6.70. The van der Waals surface area contributed by atoms with Crippen LogP contribution >= 0.6 is 11.3 Å². The van der Waals surface area contributed by atoms with Gasteiger partial charge in [-0.25, -0.2) is 15.0 Å². The molecule has 0 saturated heterocycles. The molecule has 2 rings (SSSR count). The first kappa shape index (κ1) is 13.9. The van der Waals surface area contributed by atoms with Crippen LogP contribution in [0.15, 0.2) is 11.4 Å². The Morgan fingerprint density at radius 2 is 2.21 bits per heavy atom. The van der Waals surface area contributed by atoms with E-state index in [9.17, 15) is 0 Å². The third kappa shape index (κ3) is 3.95. The van der Waals surface area contributed by atoms with Gasteiger partial charge in [-0.1, -0.05) is 0 Å². The van der Waals surface area contributed by atoms with Crippen LogP contribution in [0.2, 0.25) is 0 Å². The number of nitrogens with zero attached hydrogens (tertiary/aromatic N) is 3. The Kier molecular flexibility index (Phi) is 4.78.